The highest BCUT2D eigenvalue weighted by molar-refractivity contribution is 6.31. The van der Waals surface area contributed by atoms with Crippen molar-refractivity contribution in [3.63, 3.8) is 0 Å². The van der Waals surface area contributed by atoms with Gasteiger partial charge in [0.15, 0.2) is 6.23 Å². The Morgan fingerprint density at radius 2 is 1.97 bits per heavy atom. The van der Waals surface area contributed by atoms with Crippen LogP contribution in [0.25, 0.3) is 10.9 Å². The molecule has 1 N–H and O–H groups in total. The van der Waals surface area contributed by atoms with Crippen LogP contribution in [-0.4, -0.2) is 29.6 Å². The second-order valence-electron chi connectivity index (χ2n) is 8.28. The summed E-state index contributed by atoms with van der Waals surface area (Å²) < 4.78 is 27.0. The molecule has 5 rings (SSSR count). The van der Waals surface area contributed by atoms with E-state index in [9.17, 15) is 4.39 Å². The lowest BCUT2D eigenvalue weighted by Crippen LogP contribution is -2.19. The molecular formula is C25H25ClFN3O2. The monoisotopic (exact) mass is 453 g/mol. The molecular weight excluding hydrogens is 429 g/mol. The molecule has 0 spiro atoms. The highest BCUT2D eigenvalue weighted by atomic mass is 35.5. The Morgan fingerprint density at radius 3 is 2.75 bits per heavy atom. The molecule has 2 aliphatic heterocycles. The highest BCUT2D eigenvalue weighted by Gasteiger charge is 2.20. The number of fused-ring (bicyclic) bond motifs is 1. The Morgan fingerprint density at radius 1 is 1.09 bits per heavy atom. The number of aromatic nitrogens is 2. The van der Waals surface area contributed by atoms with Gasteiger partial charge in [0.05, 0.1) is 28.0 Å². The van der Waals surface area contributed by atoms with Crippen molar-refractivity contribution in [1.82, 2.24) is 9.78 Å². The fourth-order valence-corrected chi connectivity index (χ4v) is 4.38. The summed E-state index contributed by atoms with van der Waals surface area (Å²) in [6.07, 6.45) is 6.87. The van der Waals surface area contributed by atoms with Crippen molar-refractivity contribution in [1.29, 1.82) is 0 Å². The zero-order valence-electron chi connectivity index (χ0n) is 17.7. The van der Waals surface area contributed by atoms with E-state index in [0.29, 0.717) is 11.6 Å². The molecule has 2 fully saturated rings. The summed E-state index contributed by atoms with van der Waals surface area (Å²) >= 11 is 5.98. The number of ether oxygens (including phenoxy) is 2. The molecule has 0 saturated carbocycles. The Labute approximate surface area is 191 Å². The first-order valence-corrected chi connectivity index (χ1v) is 11.5. The summed E-state index contributed by atoms with van der Waals surface area (Å²) in [5.74, 6) is 6.68. The van der Waals surface area contributed by atoms with E-state index in [1.165, 1.54) is 6.07 Å². The quantitative estimate of drug-likeness (QED) is 0.490. The SMILES string of the molecule is Fc1ccc(Nc2cc3cnn(C4CCCCO4)c3cc2C#CC2CCOCC2)cc1Cl. The molecule has 2 aliphatic rings. The normalized spacial score (nSPS) is 19.5. The Balaban J connectivity index is 1.54. The molecule has 0 radical (unpaired) electrons. The first-order valence-electron chi connectivity index (χ1n) is 11.1. The Hall–Kier alpha value is -2.59. The van der Waals surface area contributed by atoms with Gasteiger partial charge in [0.1, 0.15) is 5.82 Å². The molecule has 5 nitrogen and oxygen atoms in total. The number of benzene rings is 2. The lowest BCUT2D eigenvalue weighted by atomic mass is 10.00. The maximum Gasteiger partial charge on any atom is 0.150 e. The van der Waals surface area contributed by atoms with Gasteiger partial charge in [0, 0.05) is 36.8 Å². The predicted molar refractivity (Wildman–Crippen MR) is 124 cm³/mol. The van der Waals surface area contributed by atoms with Gasteiger partial charge in [-0.15, -0.1) is 0 Å². The maximum absolute atomic E-state index is 13.6. The first kappa shape index (κ1) is 21.3. The van der Waals surface area contributed by atoms with E-state index in [-0.39, 0.29) is 11.3 Å². The first-order chi connectivity index (χ1) is 15.7. The van der Waals surface area contributed by atoms with Gasteiger partial charge >= 0.3 is 0 Å². The van der Waals surface area contributed by atoms with E-state index >= 15 is 0 Å². The average Bonchev–Trinajstić information content (AvgIpc) is 3.24. The third-order valence-electron chi connectivity index (χ3n) is 5.99. The van der Waals surface area contributed by atoms with Gasteiger partial charge in [-0.2, -0.15) is 5.10 Å². The van der Waals surface area contributed by atoms with Crippen molar-refractivity contribution in [3.05, 3.63) is 52.9 Å². The number of anilines is 2. The molecule has 166 valence electrons. The average molecular weight is 454 g/mol. The van der Waals surface area contributed by atoms with E-state index in [4.69, 9.17) is 21.1 Å². The van der Waals surface area contributed by atoms with Crippen LogP contribution in [0.15, 0.2) is 36.5 Å². The van der Waals surface area contributed by atoms with Gasteiger partial charge in [0.2, 0.25) is 0 Å². The van der Waals surface area contributed by atoms with Crippen LogP contribution in [-0.2, 0) is 9.47 Å². The number of hydrogen-bond acceptors (Lipinski definition) is 4. The molecule has 3 heterocycles. The molecule has 1 aromatic heterocycles. The molecule has 3 aromatic rings. The van der Waals surface area contributed by atoms with E-state index in [1.54, 1.807) is 12.1 Å². The maximum atomic E-state index is 13.6. The summed E-state index contributed by atoms with van der Waals surface area (Å²) in [5, 5.41) is 9.04. The minimum atomic E-state index is -0.444. The lowest BCUT2D eigenvalue weighted by molar-refractivity contribution is -0.0366. The summed E-state index contributed by atoms with van der Waals surface area (Å²) in [7, 11) is 0. The van der Waals surface area contributed by atoms with Gasteiger partial charge in [-0.25, -0.2) is 9.07 Å². The summed E-state index contributed by atoms with van der Waals surface area (Å²) in [5.41, 5.74) is 3.40. The predicted octanol–water partition coefficient (Wildman–Crippen LogP) is 6.05. The highest BCUT2D eigenvalue weighted by Crippen LogP contribution is 2.32. The minimum absolute atomic E-state index is 0.0488. The lowest BCUT2D eigenvalue weighted by Gasteiger charge is -2.23. The van der Waals surface area contributed by atoms with Crippen molar-refractivity contribution in [2.45, 2.75) is 38.3 Å². The zero-order valence-corrected chi connectivity index (χ0v) is 18.5. The van der Waals surface area contributed by atoms with E-state index in [1.807, 2.05) is 16.9 Å². The number of nitrogens with zero attached hydrogens (tertiary/aromatic N) is 2. The van der Waals surface area contributed by atoms with E-state index < -0.39 is 5.82 Å². The number of nitrogens with one attached hydrogen (secondary N) is 1. The second kappa shape index (κ2) is 9.50. The van der Waals surface area contributed by atoms with Crippen molar-refractivity contribution in [2.75, 3.05) is 25.1 Å². The van der Waals surface area contributed by atoms with Gasteiger partial charge in [0.25, 0.3) is 0 Å². The van der Waals surface area contributed by atoms with Crippen LogP contribution in [0.3, 0.4) is 0 Å². The molecule has 1 unspecified atom stereocenters. The van der Waals surface area contributed by atoms with Crippen molar-refractivity contribution in [2.24, 2.45) is 5.92 Å². The second-order valence-corrected chi connectivity index (χ2v) is 8.68. The topological polar surface area (TPSA) is 48.3 Å². The third kappa shape index (κ3) is 4.61. The Bertz CT molecular complexity index is 1170. The number of hydrogen-bond donors (Lipinski definition) is 1. The molecule has 7 heteroatoms. The van der Waals surface area contributed by atoms with Crippen LogP contribution in [0.2, 0.25) is 5.02 Å². The molecule has 2 aromatic carbocycles. The summed E-state index contributed by atoms with van der Waals surface area (Å²) in [6.45, 7) is 2.26. The molecule has 0 bridgehead atoms. The fraction of sp³-hybridized carbons (Fsp3) is 0.400. The van der Waals surface area contributed by atoms with Gasteiger partial charge in [-0.3, -0.25) is 0 Å². The van der Waals surface area contributed by atoms with Crippen LogP contribution in [0, 0.1) is 23.6 Å². The van der Waals surface area contributed by atoms with Crippen LogP contribution >= 0.6 is 11.6 Å². The standard InChI is InChI=1S/C25H25ClFN3O2/c26-21-15-20(6-7-22(21)27)29-23-13-19-16-28-30(25-3-1-2-10-32-25)24(19)14-18(23)5-4-17-8-11-31-12-9-17/h6-7,13-17,25,29H,1-3,8-12H2. The number of halogens is 2. The van der Waals surface area contributed by atoms with Crippen LogP contribution in [0.5, 0.6) is 0 Å². The van der Waals surface area contributed by atoms with Crippen molar-refractivity contribution < 1.29 is 13.9 Å². The van der Waals surface area contributed by atoms with Gasteiger partial charge in [-0.05, 0) is 62.4 Å². The van der Waals surface area contributed by atoms with E-state index in [2.05, 4.69) is 28.3 Å². The summed E-state index contributed by atoms with van der Waals surface area (Å²) in [6, 6.07) is 8.71. The minimum Gasteiger partial charge on any atom is -0.381 e. The van der Waals surface area contributed by atoms with Crippen molar-refractivity contribution >= 4 is 33.9 Å². The molecule has 0 amide bonds. The summed E-state index contributed by atoms with van der Waals surface area (Å²) in [4.78, 5) is 0. The largest absolute Gasteiger partial charge is 0.381 e. The van der Waals surface area contributed by atoms with E-state index in [0.717, 1.165) is 74.1 Å². The van der Waals surface area contributed by atoms with Crippen molar-refractivity contribution in [3.8, 4) is 11.8 Å². The zero-order chi connectivity index (χ0) is 21.9. The molecule has 1 atom stereocenters. The number of rotatable bonds is 3. The molecule has 2 saturated heterocycles. The molecule has 32 heavy (non-hydrogen) atoms. The Kier molecular flexibility index (Phi) is 6.31. The van der Waals surface area contributed by atoms with Gasteiger partial charge in [-0.1, -0.05) is 23.4 Å². The van der Waals surface area contributed by atoms with Crippen LogP contribution in [0.1, 0.15) is 43.9 Å². The fourth-order valence-electron chi connectivity index (χ4n) is 4.20. The van der Waals surface area contributed by atoms with Crippen LogP contribution in [0.4, 0.5) is 15.8 Å². The van der Waals surface area contributed by atoms with Crippen LogP contribution < -0.4 is 5.32 Å². The van der Waals surface area contributed by atoms with Gasteiger partial charge < -0.3 is 14.8 Å². The molecule has 0 aliphatic carbocycles. The third-order valence-corrected chi connectivity index (χ3v) is 6.28. The smallest absolute Gasteiger partial charge is 0.150 e.